The number of anilines is 1. The predicted octanol–water partition coefficient (Wildman–Crippen LogP) is 1.77. The fraction of sp³-hybridized carbons (Fsp3) is 0.789. The number of nitrogens with zero attached hydrogens (tertiary/aromatic N) is 4. The van der Waals surface area contributed by atoms with Crippen molar-refractivity contribution in [3.63, 3.8) is 0 Å². The van der Waals surface area contributed by atoms with E-state index in [1.165, 1.54) is 11.8 Å². The third-order valence-corrected chi connectivity index (χ3v) is 6.64. The summed E-state index contributed by atoms with van der Waals surface area (Å²) in [6, 6.07) is -0.193. The molecule has 4 rings (SSSR count). The SMILES string of the molecule is CC1CCN(c2nnc(SCC(=O)NC(=O)NC3CC3)n2CC2CCCO2)CC1. The maximum Gasteiger partial charge on any atom is 0.321 e. The molecule has 2 saturated heterocycles. The van der Waals surface area contributed by atoms with E-state index in [1.54, 1.807) is 0 Å². The van der Waals surface area contributed by atoms with Crippen molar-refractivity contribution in [2.45, 2.75) is 69.3 Å². The summed E-state index contributed by atoms with van der Waals surface area (Å²) in [7, 11) is 0. The molecule has 3 fully saturated rings. The molecule has 9 nitrogen and oxygen atoms in total. The lowest BCUT2D eigenvalue weighted by atomic mass is 10.00. The van der Waals surface area contributed by atoms with Gasteiger partial charge in [-0.05, 0) is 44.4 Å². The van der Waals surface area contributed by atoms with Crippen molar-refractivity contribution in [3.8, 4) is 0 Å². The van der Waals surface area contributed by atoms with Crippen LogP contribution in [0.25, 0.3) is 0 Å². The molecule has 0 radical (unpaired) electrons. The number of carbonyl (C=O) groups excluding carboxylic acids is 2. The maximum absolute atomic E-state index is 12.1. The second kappa shape index (κ2) is 9.34. The van der Waals surface area contributed by atoms with Crippen molar-refractivity contribution in [3.05, 3.63) is 0 Å². The van der Waals surface area contributed by atoms with Crippen molar-refractivity contribution >= 4 is 29.6 Å². The molecule has 1 saturated carbocycles. The smallest absolute Gasteiger partial charge is 0.321 e. The lowest BCUT2D eigenvalue weighted by Crippen LogP contribution is -2.41. The van der Waals surface area contributed by atoms with Crippen LogP contribution in [0.4, 0.5) is 10.7 Å². The maximum atomic E-state index is 12.1. The number of ether oxygens (including phenoxy) is 1. The Balaban J connectivity index is 1.39. The van der Waals surface area contributed by atoms with Crippen LogP contribution in [0.3, 0.4) is 0 Å². The molecular formula is C19H30N6O3S. The molecule has 1 aliphatic carbocycles. The number of hydrogen-bond donors (Lipinski definition) is 2. The minimum Gasteiger partial charge on any atom is -0.376 e. The molecule has 0 aromatic carbocycles. The molecule has 1 atom stereocenters. The molecule has 1 unspecified atom stereocenters. The monoisotopic (exact) mass is 422 g/mol. The highest BCUT2D eigenvalue weighted by atomic mass is 32.2. The van der Waals surface area contributed by atoms with Crippen molar-refractivity contribution in [2.24, 2.45) is 5.92 Å². The summed E-state index contributed by atoms with van der Waals surface area (Å²) < 4.78 is 7.92. The summed E-state index contributed by atoms with van der Waals surface area (Å²) in [5.74, 6) is 1.40. The molecule has 0 bridgehead atoms. The third-order valence-electron chi connectivity index (χ3n) is 5.67. The summed E-state index contributed by atoms with van der Waals surface area (Å²) >= 11 is 1.32. The molecule has 2 aliphatic heterocycles. The molecule has 0 spiro atoms. The first-order valence-electron chi connectivity index (χ1n) is 10.6. The number of imide groups is 1. The second-order valence-corrected chi connectivity index (χ2v) is 9.22. The first-order valence-corrected chi connectivity index (χ1v) is 11.6. The molecule has 2 N–H and O–H groups in total. The Kier molecular flexibility index (Phi) is 6.59. The van der Waals surface area contributed by atoms with Gasteiger partial charge in [-0.3, -0.25) is 14.7 Å². The zero-order valence-corrected chi connectivity index (χ0v) is 17.7. The molecule has 160 valence electrons. The van der Waals surface area contributed by atoms with Crippen molar-refractivity contribution in [2.75, 3.05) is 30.3 Å². The third kappa shape index (κ3) is 5.63. The van der Waals surface area contributed by atoms with Gasteiger partial charge < -0.3 is 15.0 Å². The second-order valence-electron chi connectivity index (χ2n) is 8.28. The standard InChI is InChI=1S/C19H30N6O3S/c1-13-6-8-24(9-7-13)18-22-23-19(25(18)11-15-3-2-10-28-15)29-12-16(26)21-17(27)20-14-4-5-14/h13-15H,2-12H2,1H3,(H2,20,21,26,27). The molecule has 3 aliphatic rings. The fourth-order valence-electron chi connectivity index (χ4n) is 3.72. The van der Waals surface area contributed by atoms with E-state index in [2.05, 4.69) is 37.2 Å². The first kappa shape index (κ1) is 20.5. The van der Waals surface area contributed by atoms with E-state index < -0.39 is 6.03 Å². The van der Waals surface area contributed by atoms with Crippen LogP contribution >= 0.6 is 11.8 Å². The highest BCUT2D eigenvalue weighted by molar-refractivity contribution is 7.99. The van der Waals surface area contributed by atoms with Gasteiger partial charge in [0.1, 0.15) is 0 Å². The van der Waals surface area contributed by atoms with Crippen LogP contribution in [-0.2, 0) is 16.1 Å². The molecule has 10 heteroatoms. The van der Waals surface area contributed by atoms with E-state index in [4.69, 9.17) is 4.74 Å². The van der Waals surface area contributed by atoms with Gasteiger partial charge in [0.05, 0.1) is 18.4 Å². The number of nitrogens with one attached hydrogen (secondary N) is 2. The minimum absolute atomic E-state index is 0.124. The molecule has 3 amide bonds. The number of carbonyl (C=O) groups is 2. The highest BCUT2D eigenvalue weighted by Crippen LogP contribution is 2.28. The average molecular weight is 423 g/mol. The van der Waals surface area contributed by atoms with Crippen molar-refractivity contribution in [1.29, 1.82) is 0 Å². The van der Waals surface area contributed by atoms with Gasteiger partial charge in [-0.2, -0.15) is 0 Å². The minimum atomic E-state index is -0.415. The molecule has 1 aromatic rings. The van der Waals surface area contributed by atoms with Gasteiger partial charge >= 0.3 is 6.03 Å². The number of thioether (sulfide) groups is 1. The van der Waals surface area contributed by atoms with Crippen LogP contribution in [0.5, 0.6) is 0 Å². The van der Waals surface area contributed by atoms with Crippen LogP contribution in [0.1, 0.15) is 45.4 Å². The molecule has 3 heterocycles. The van der Waals surface area contributed by atoms with Gasteiger partial charge in [-0.15, -0.1) is 10.2 Å². The Hall–Kier alpha value is -1.81. The number of urea groups is 1. The quantitative estimate of drug-likeness (QED) is 0.646. The Morgan fingerprint density at radius 2 is 1.97 bits per heavy atom. The largest absolute Gasteiger partial charge is 0.376 e. The Bertz CT molecular complexity index is 724. The van der Waals surface area contributed by atoms with E-state index in [9.17, 15) is 9.59 Å². The van der Waals surface area contributed by atoms with Crippen molar-refractivity contribution < 1.29 is 14.3 Å². The van der Waals surface area contributed by atoms with Crippen LogP contribution in [0, 0.1) is 5.92 Å². The number of amides is 3. The Morgan fingerprint density at radius 3 is 2.66 bits per heavy atom. The number of piperidine rings is 1. The van der Waals surface area contributed by atoms with Crippen molar-refractivity contribution in [1.82, 2.24) is 25.4 Å². The Morgan fingerprint density at radius 1 is 1.17 bits per heavy atom. The van der Waals surface area contributed by atoms with Gasteiger partial charge in [0, 0.05) is 25.7 Å². The number of hydrogen-bond acceptors (Lipinski definition) is 7. The molecule has 29 heavy (non-hydrogen) atoms. The van der Waals surface area contributed by atoms with E-state index in [1.807, 2.05) is 0 Å². The van der Waals surface area contributed by atoms with Gasteiger partial charge in [0.25, 0.3) is 0 Å². The molecule has 1 aromatic heterocycles. The summed E-state index contributed by atoms with van der Waals surface area (Å²) in [5.41, 5.74) is 0. The van der Waals surface area contributed by atoms with E-state index in [-0.39, 0.29) is 23.8 Å². The van der Waals surface area contributed by atoms with Crippen LogP contribution in [-0.4, -0.2) is 64.3 Å². The lowest BCUT2D eigenvalue weighted by molar-refractivity contribution is -0.117. The summed E-state index contributed by atoms with van der Waals surface area (Å²) in [6.45, 7) is 5.72. The lowest BCUT2D eigenvalue weighted by Gasteiger charge is -2.31. The van der Waals surface area contributed by atoms with Gasteiger partial charge in [0.2, 0.25) is 11.9 Å². The Labute approximate surface area is 175 Å². The van der Waals surface area contributed by atoms with Gasteiger partial charge in [-0.1, -0.05) is 18.7 Å². The van der Waals surface area contributed by atoms with Crippen LogP contribution in [0.15, 0.2) is 5.16 Å². The highest BCUT2D eigenvalue weighted by Gasteiger charge is 2.27. The number of aromatic nitrogens is 3. The van der Waals surface area contributed by atoms with Gasteiger partial charge in [0.15, 0.2) is 5.16 Å². The average Bonchev–Trinajstić information content (AvgIpc) is 3.20. The first-order chi connectivity index (χ1) is 14.1. The zero-order valence-electron chi connectivity index (χ0n) is 16.9. The summed E-state index contributed by atoms with van der Waals surface area (Å²) in [6.07, 6.45) is 6.53. The van der Waals surface area contributed by atoms with E-state index in [0.29, 0.717) is 11.7 Å². The normalized spacial score (nSPS) is 22.7. The van der Waals surface area contributed by atoms with Crippen LogP contribution < -0.4 is 15.5 Å². The van der Waals surface area contributed by atoms with E-state index in [0.717, 1.165) is 70.1 Å². The van der Waals surface area contributed by atoms with Gasteiger partial charge in [-0.25, -0.2) is 4.79 Å². The summed E-state index contributed by atoms with van der Waals surface area (Å²) in [5, 5.41) is 14.6. The topological polar surface area (TPSA) is 101 Å². The molecular weight excluding hydrogens is 392 g/mol. The fourth-order valence-corrected chi connectivity index (χ4v) is 4.47. The zero-order chi connectivity index (χ0) is 20.2. The van der Waals surface area contributed by atoms with Crippen LogP contribution in [0.2, 0.25) is 0 Å². The number of rotatable bonds is 7. The summed E-state index contributed by atoms with van der Waals surface area (Å²) in [4.78, 5) is 26.2. The predicted molar refractivity (Wildman–Crippen MR) is 110 cm³/mol. The van der Waals surface area contributed by atoms with E-state index >= 15 is 0 Å².